The Hall–Kier alpha value is -0.650. The van der Waals surface area contributed by atoms with Crippen molar-refractivity contribution in [3.63, 3.8) is 0 Å². The topological polar surface area (TPSA) is 56.8 Å². The van der Waals surface area contributed by atoms with Gasteiger partial charge in [-0.3, -0.25) is 5.32 Å². The molecular weight excluding hydrogens is 258 g/mol. The summed E-state index contributed by atoms with van der Waals surface area (Å²) in [6, 6.07) is 0. The van der Waals surface area contributed by atoms with Gasteiger partial charge >= 0.3 is 5.97 Å². The van der Waals surface area contributed by atoms with Gasteiger partial charge in [-0.05, 0) is 46.1 Å². The number of carbonyl (C=O) groups excluding carboxylic acids is 1. The summed E-state index contributed by atoms with van der Waals surface area (Å²) < 4.78 is 16.4. The lowest BCUT2D eigenvalue weighted by atomic mass is 9.94. The van der Waals surface area contributed by atoms with E-state index in [4.69, 9.17) is 14.2 Å². The van der Waals surface area contributed by atoms with Gasteiger partial charge in [0.05, 0.1) is 25.9 Å². The molecule has 1 aliphatic rings. The second-order valence-electron chi connectivity index (χ2n) is 5.28. The molecule has 0 aromatic rings. The molecule has 1 rings (SSSR count). The maximum atomic E-state index is 12.4. The maximum Gasteiger partial charge on any atom is 0.329 e. The van der Waals surface area contributed by atoms with Crippen LogP contribution in [0, 0.1) is 5.92 Å². The average molecular weight is 287 g/mol. The lowest BCUT2D eigenvalue weighted by Gasteiger charge is -2.33. The highest BCUT2D eigenvalue weighted by Crippen LogP contribution is 2.41. The van der Waals surface area contributed by atoms with Crippen LogP contribution in [-0.4, -0.2) is 50.6 Å². The molecule has 1 N–H and O–H groups in total. The summed E-state index contributed by atoms with van der Waals surface area (Å²) in [6.07, 6.45) is 2.07. The second-order valence-corrected chi connectivity index (χ2v) is 5.28. The molecule has 5 heteroatoms. The van der Waals surface area contributed by atoms with Gasteiger partial charge in [0.2, 0.25) is 0 Å². The van der Waals surface area contributed by atoms with Gasteiger partial charge in [-0.2, -0.15) is 0 Å². The minimum Gasteiger partial charge on any atom is -0.465 e. The van der Waals surface area contributed by atoms with Crippen LogP contribution in [0.5, 0.6) is 0 Å². The third-order valence-electron chi connectivity index (χ3n) is 3.56. The molecule has 1 aliphatic carbocycles. The fourth-order valence-corrected chi connectivity index (χ4v) is 2.37. The Morgan fingerprint density at radius 2 is 2.00 bits per heavy atom. The number of ether oxygens (including phenoxy) is 3. The van der Waals surface area contributed by atoms with Crippen molar-refractivity contribution in [3.8, 4) is 0 Å². The predicted molar refractivity (Wildman–Crippen MR) is 77.7 cm³/mol. The van der Waals surface area contributed by atoms with Crippen molar-refractivity contribution in [2.45, 2.75) is 52.2 Å². The van der Waals surface area contributed by atoms with E-state index in [2.05, 4.69) is 5.32 Å². The number of esters is 1. The minimum atomic E-state index is -0.689. The summed E-state index contributed by atoms with van der Waals surface area (Å²) in [4.78, 5) is 12.4. The van der Waals surface area contributed by atoms with E-state index in [9.17, 15) is 4.79 Å². The van der Waals surface area contributed by atoms with Crippen molar-refractivity contribution in [3.05, 3.63) is 0 Å². The molecule has 1 saturated carbocycles. The Kier molecular flexibility index (Phi) is 7.48. The predicted octanol–water partition coefficient (Wildman–Crippen LogP) is 1.75. The van der Waals surface area contributed by atoms with Gasteiger partial charge in [0, 0.05) is 6.61 Å². The molecule has 2 unspecified atom stereocenters. The van der Waals surface area contributed by atoms with Crippen LogP contribution < -0.4 is 5.32 Å². The molecule has 0 amide bonds. The van der Waals surface area contributed by atoms with Crippen LogP contribution in [0.15, 0.2) is 0 Å². The summed E-state index contributed by atoms with van der Waals surface area (Å²) in [7, 11) is 0. The standard InChI is InChI=1S/C15H29NO4/c1-5-16-15(13-8-9-13,14(17)19-7-3)11-20-12(4)10-18-6-2/h12-13,16H,5-11H2,1-4H3. The molecule has 0 spiro atoms. The number of likely N-dealkylation sites (N-methyl/N-ethyl adjacent to an activating group) is 1. The lowest BCUT2D eigenvalue weighted by molar-refractivity contribution is -0.157. The third kappa shape index (κ3) is 4.72. The van der Waals surface area contributed by atoms with Crippen molar-refractivity contribution in [1.29, 1.82) is 0 Å². The molecule has 5 nitrogen and oxygen atoms in total. The highest BCUT2D eigenvalue weighted by molar-refractivity contribution is 5.82. The molecule has 0 bridgehead atoms. The summed E-state index contributed by atoms with van der Waals surface area (Å²) in [5.74, 6) is 0.133. The SMILES string of the molecule is CCNC(COC(C)COCC)(C(=O)OCC)C1CC1. The number of hydrogen-bond donors (Lipinski definition) is 1. The van der Waals surface area contributed by atoms with Crippen molar-refractivity contribution < 1.29 is 19.0 Å². The third-order valence-corrected chi connectivity index (χ3v) is 3.56. The van der Waals surface area contributed by atoms with Crippen LogP contribution >= 0.6 is 0 Å². The minimum absolute atomic E-state index is 0.0267. The average Bonchev–Trinajstić information content (AvgIpc) is 3.26. The zero-order valence-corrected chi connectivity index (χ0v) is 13.2. The van der Waals surface area contributed by atoms with E-state index in [1.165, 1.54) is 0 Å². The van der Waals surface area contributed by atoms with Crippen LogP contribution in [0.2, 0.25) is 0 Å². The molecule has 118 valence electrons. The molecule has 0 heterocycles. The maximum absolute atomic E-state index is 12.4. The Labute approximate surface area is 122 Å². The Balaban J connectivity index is 2.63. The lowest BCUT2D eigenvalue weighted by Crippen LogP contribution is -2.58. The molecule has 0 aromatic heterocycles. The van der Waals surface area contributed by atoms with Crippen LogP contribution in [0.1, 0.15) is 40.5 Å². The zero-order chi connectivity index (χ0) is 15.0. The summed E-state index contributed by atoms with van der Waals surface area (Å²) in [5.41, 5.74) is -0.689. The van der Waals surface area contributed by atoms with Crippen molar-refractivity contribution in [2.24, 2.45) is 5.92 Å². The zero-order valence-electron chi connectivity index (χ0n) is 13.2. The van der Waals surface area contributed by atoms with Gasteiger partial charge in [0.25, 0.3) is 0 Å². The monoisotopic (exact) mass is 287 g/mol. The van der Waals surface area contributed by atoms with E-state index in [0.717, 1.165) is 19.4 Å². The quantitative estimate of drug-likeness (QED) is 0.587. The van der Waals surface area contributed by atoms with Gasteiger partial charge in [0.1, 0.15) is 5.54 Å². The number of nitrogens with one attached hydrogen (secondary N) is 1. The molecule has 0 aromatic carbocycles. The van der Waals surface area contributed by atoms with Crippen LogP contribution in [0.25, 0.3) is 0 Å². The van der Waals surface area contributed by atoms with E-state index in [0.29, 0.717) is 32.3 Å². The highest BCUT2D eigenvalue weighted by atomic mass is 16.5. The fourth-order valence-electron chi connectivity index (χ4n) is 2.37. The van der Waals surface area contributed by atoms with E-state index in [-0.39, 0.29) is 12.1 Å². The van der Waals surface area contributed by atoms with E-state index in [1.54, 1.807) is 0 Å². The molecular formula is C15H29NO4. The van der Waals surface area contributed by atoms with Crippen LogP contribution in [-0.2, 0) is 19.0 Å². The molecule has 2 atom stereocenters. The second kappa shape index (κ2) is 8.60. The van der Waals surface area contributed by atoms with Crippen molar-refractivity contribution in [1.82, 2.24) is 5.32 Å². The number of hydrogen-bond acceptors (Lipinski definition) is 5. The fraction of sp³-hybridized carbons (Fsp3) is 0.933. The highest BCUT2D eigenvalue weighted by Gasteiger charge is 2.52. The van der Waals surface area contributed by atoms with Crippen molar-refractivity contribution >= 4 is 5.97 Å². The number of carbonyl (C=O) groups is 1. The first-order chi connectivity index (χ1) is 9.60. The first-order valence-corrected chi connectivity index (χ1v) is 7.72. The summed E-state index contributed by atoms with van der Waals surface area (Å²) in [6.45, 7) is 10.4. The Bertz CT molecular complexity index is 294. The van der Waals surface area contributed by atoms with Gasteiger partial charge < -0.3 is 14.2 Å². The molecule has 0 saturated heterocycles. The van der Waals surface area contributed by atoms with Gasteiger partial charge in [-0.1, -0.05) is 6.92 Å². The Morgan fingerprint density at radius 1 is 1.30 bits per heavy atom. The van der Waals surface area contributed by atoms with Gasteiger partial charge in [-0.15, -0.1) is 0 Å². The van der Waals surface area contributed by atoms with Gasteiger partial charge in [0.15, 0.2) is 0 Å². The Morgan fingerprint density at radius 3 is 2.50 bits per heavy atom. The van der Waals surface area contributed by atoms with Crippen LogP contribution in [0.4, 0.5) is 0 Å². The molecule has 0 aliphatic heterocycles. The molecule has 1 fully saturated rings. The first-order valence-electron chi connectivity index (χ1n) is 7.72. The van der Waals surface area contributed by atoms with E-state index >= 15 is 0 Å². The largest absolute Gasteiger partial charge is 0.465 e. The van der Waals surface area contributed by atoms with E-state index < -0.39 is 5.54 Å². The summed E-state index contributed by atoms with van der Waals surface area (Å²) in [5, 5.41) is 3.31. The smallest absolute Gasteiger partial charge is 0.329 e. The molecule has 0 radical (unpaired) electrons. The normalized spacial score (nSPS) is 19.4. The van der Waals surface area contributed by atoms with E-state index in [1.807, 2.05) is 27.7 Å². The van der Waals surface area contributed by atoms with Gasteiger partial charge in [-0.25, -0.2) is 4.79 Å². The number of rotatable bonds is 11. The first kappa shape index (κ1) is 17.4. The molecule has 20 heavy (non-hydrogen) atoms. The van der Waals surface area contributed by atoms with Crippen molar-refractivity contribution in [2.75, 3.05) is 33.0 Å². The van der Waals surface area contributed by atoms with Crippen LogP contribution in [0.3, 0.4) is 0 Å². The summed E-state index contributed by atoms with van der Waals surface area (Å²) >= 11 is 0.